The van der Waals surface area contributed by atoms with Crippen molar-refractivity contribution >= 4 is 5.91 Å². The minimum atomic E-state index is -0.213. The number of ether oxygens (including phenoxy) is 1. The fourth-order valence-corrected chi connectivity index (χ4v) is 2.94. The van der Waals surface area contributed by atoms with Gasteiger partial charge in [-0.05, 0) is 19.3 Å². The van der Waals surface area contributed by atoms with Crippen LogP contribution in [0.2, 0.25) is 0 Å². The van der Waals surface area contributed by atoms with Crippen molar-refractivity contribution in [3.05, 3.63) is 42.3 Å². The minimum absolute atomic E-state index is 0.000283. The third-order valence-electron chi connectivity index (χ3n) is 4.13. The summed E-state index contributed by atoms with van der Waals surface area (Å²) in [7, 11) is 1.72. The molecule has 1 aliphatic carbocycles. The standard InChI is InChI=1S/C15H18N4O3/c1-21-11-2-3-13(12(6-11)10-7-18-22-9-10)19-15(20)14-8-16-4-5-17-14/h4-5,7-9,11-13H,2-3,6H2,1H3,(H,19,20)/t11-,12-,13-/m1/s1. The molecule has 1 amide bonds. The summed E-state index contributed by atoms with van der Waals surface area (Å²) in [4.78, 5) is 20.3. The number of methoxy groups -OCH3 is 1. The summed E-state index contributed by atoms with van der Waals surface area (Å²) in [5.41, 5.74) is 1.30. The zero-order valence-electron chi connectivity index (χ0n) is 12.3. The summed E-state index contributed by atoms with van der Waals surface area (Å²) >= 11 is 0. The van der Waals surface area contributed by atoms with Crippen LogP contribution in [0, 0.1) is 0 Å². The number of amides is 1. The van der Waals surface area contributed by atoms with Gasteiger partial charge in [-0.3, -0.25) is 9.78 Å². The lowest BCUT2D eigenvalue weighted by Crippen LogP contribution is -2.44. The van der Waals surface area contributed by atoms with E-state index in [0.717, 1.165) is 24.8 Å². The molecule has 3 atom stereocenters. The molecule has 2 aromatic rings. The van der Waals surface area contributed by atoms with Gasteiger partial charge < -0.3 is 14.6 Å². The molecule has 1 fully saturated rings. The van der Waals surface area contributed by atoms with Gasteiger partial charge in [-0.25, -0.2) is 4.98 Å². The molecule has 0 radical (unpaired) electrons. The maximum Gasteiger partial charge on any atom is 0.271 e. The molecule has 2 aromatic heterocycles. The summed E-state index contributed by atoms with van der Waals surface area (Å²) in [5.74, 6) is -0.0963. The number of hydrogen-bond acceptors (Lipinski definition) is 6. The SMILES string of the molecule is CO[C@@H]1CC[C@@H](NC(=O)c2cnccn2)[C@@H](c2cnoc2)C1. The van der Waals surface area contributed by atoms with E-state index in [-0.39, 0.29) is 24.0 Å². The second-order valence-electron chi connectivity index (χ2n) is 5.41. The van der Waals surface area contributed by atoms with Gasteiger partial charge in [0.25, 0.3) is 5.91 Å². The molecule has 22 heavy (non-hydrogen) atoms. The average Bonchev–Trinajstić information content (AvgIpc) is 3.10. The molecule has 0 aromatic carbocycles. The van der Waals surface area contributed by atoms with Crippen LogP contribution in [-0.4, -0.2) is 40.3 Å². The van der Waals surface area contributed by atoms with Gasteiger partial charge >= 0.3 is 0 Å². The first-order valence-corrected chi connectivity index (χ1v) is 7.27. The first-order chi connectivity index (χ1) is 10.8. The van der Waals surface area contributed by atoms with Crippen LogP contribution in [0.15, 0.2) is 35.6 Å². The highest BCUT2D eigenvalue weighted by atomic mass is 16.5. The number of nitrogens with zero attached hydrogens (tertiary/aromatic N) is 3. The van der Waals surface area contributed by atoms with Gasteiger partial charge in [-0.2, -0.15) is 0 Å². The van der Waals surface area contributed by atoms with Crippen molar-refractivity contribution in [1.82, 2.24) is 20.4 Å². The highest BCUT2D eigenvalue weighted by molar-refractivity contribution is 5.92. The van der Waals surface area contributed by atoms with Gasteiger partial charge in [-0.15, -0.1) is 0 Å². The number of hydrogen-bond donors (Lipinski definition) is 1. The van der Waals surface area contributed by atoms with Crippen LogP contribution in [0.3, 0.4) is 0 Å². The molecule has 0 spiro atoms. The fourth-order valence-electron chi connectivity index (χ4n) is 2.94. The molecule has 0 bridgehead atoms. The Hall–Kier alpha value is -2.28. The molecule has 1 saturated carbocycles. The van der Waals surface area contributed by atoms with Crippen LogP contribution in [-0.2, 0) is 4.74 Å². The molecule has 7 nitrogen and oxygen atoms in total. The number of carbonyl (C=O) groups is 1. The number of rotatable bonds is 4. The number of aromatic nitrogens is 3. The summed E-state index contributed by atoms with van der Waals surface area (Å²) in [6.45, 7) is 0. The topological polar surface area (TPSA) is 90.1 Å². The largest absolute Gasteiger partial charge is 0.381 e. The smallest absolute Gasteiger partial charge is 0.271 e. The molecule has 2 heterocycles. The van der Waals surface area contributed by atoms with Crippen molar-refractivity contribution in [3.8, 4) is 0 Å². The van der Waals surface area contributed by atoms with Crippen LogP contribution < -0.4 is 5.32 Å². The minimum Gasteiger partial charge on any atom is -0.381 e. The average molecular weight is 302 g/mol. The predicted molar refractivity (Wildman–Crippen MR) is 77.2 cm³/mol. The van der Waals surface area contributed by atoms with Gasteiger partial charge in [0.05, 0.1) is 18.5 Å². The first-order valence-electron chi connectivity index (χ1n) is 7.27. The summed E-state index contributed by atoms with van der Waals surface area (Å²) in [5, 5.41) is 6.82. The second kappa shape index (κ2) is 6.65. The van der Waals surface area contributed by atoms with Crippen molar-refractivity contribution in [1.29, 1.82) is 0 Å². The van der Waals surface area contributed by atoms with E-state index in [2.05, 4.69) is 20.4 Å². The Morgan fingerprint density at radius 2 is 2.27 bits per heavy atom. The molecular formula is C15H18N4O3. The van der Waals surface area contributed by atoms with Gasteiger partial charge in [0.15, 0.2) is 0 Å². The lowest BCUT2D eigenvalue weighted by atomic mass is 9.79. The molecule has 116 valence electrons. The van der Waals surface area contributed by atoms with Crippen molar-refractivity contribution in [3.63, 3.8) is 0 Å². The highest BCUT2D eigenvalue weighted by Crippen LogP contribution is 2.34. The van der Waals surface area contributed by atoms with Crippen LogP contribution >= 0.6 is 0 Å². The Bertz CT molecular complexity index is 603. The Labute approximate surface area is 128 Å². The molecule has 0 unspecified atom stereocenters. The lowest BCUT2D eigenvalue weighted by Gasteiger charge is -2.35. The quantitative estimate of drug-likeness (QED) is 0.921. The van der Waals surface area contributed by atoms with Crippen molar-refractivity contribution in [2.45, 2.75) is 37.3 Å². The van der Waals surface area contributed by atoms with E-state index in [9.17, 15) is 4.79 Å². The van der Waals surface area contributed by atoms with Crippen molar-refractivity contribution in [2.75, 3.05) is 7.11 Å². The van der Waals surface area contributed by atoms with E-state index in [0.29, 0.717) is 5.69 Å². The predicted octanol–water partition coefficient (Wildman–Crippen LogP) is 1.55. The third-order valence-corrected chi connectivity index (χ3v) is 4.13. The molecular weight excluding hydrogens is 284 g/mol. The zero-order chi connectivity index (χ0) is 15.4. The van der Waals surface area contributed by atoms with E-state index < -0.39 is 0 Å². The Morgan fingerprint density at radius 3 is 2.95 bits per heavy atom. The molecule has 7 heteroatoms. The van der Waals surface area contributed by atoms with E-state index in [1.54, 1.807) is 25.8 Å². The second-order valence-corrected chi connectivity index (χ2v) is 5.41. The maximum atomic E-state index is 12.3. The summed E-state index contributed by atoms with van der Waals surface area (Å²) < 4.78 is 10.4. The lowest BCUT2D eigenvalue weighted by molar-refractivity contribution is 0.0512. The summed E-state index contributed by atoms with van der Waals surface area (Å²) in [6, 6.07) is 0.000283. The highest BCUT2D eigenvalue weighted by Gasteiger charge is 2.33. The van der Waals surface area contributed by atoms with Gasteiger partial charge in [0.1, 0.15) is 12.0 Å². The van der Waals surface area contributed by atoms with Gasteiger partial charge in [0, 0.05) is 37.0 Å². The van der Waals surface area contributed by atoms with Gasteiger partial charge in [-0.1, -0.05) is 5.16 Å². The first kappa shape index (κ1) is 14.6. The third kappa shape index (κ3) is 3.14. The number of carbonyl (C=O) groups excluding carboxylic acids is 1. The van der Waals surface area contributed by atoms with E-state index in [4.69, 9.17) is 9.26 Å². The monoisotopic (exact) mass is 302 g/mol. The van der Waals surface area contributed by atoms with Gasteiger partial charge in [0.2, 0.25) is 0 Å². The molecule has 0 aliphatic heterocycles. The molecule has 1 aliphatic rings. The normalized spacial score (nSPS) is 24.9. The molecule has 0 saturated heterocycles. The Kier molecular flexibility index (Phi) is 4.43. The van der Waals surface area contributed by atoms with E-state index in [1.807, 2.05) is 0 Å². The molecule has 3 rings (SSSR count). The maximum absolute atomic E-state index is 12.3. The Morgan fingerprint density at radius 1 is 1.36 bits per heavy atom. The Balaban J connectivity index is 1.74. The van der Waals surface area contributed by atoms with Crippen molar-refractivity contribution < 1.29 is 14.1 Å². The number of nitrogens with one attached hydrogen (secondary N) is 1. The van der Waals surface area contributed by atoms with Crippen molar-refractivity contribution in [2.24, 2.45) is 0 Å². The van der Waals surface area contributed by atoms with Crippen LogP contribution in [0.5, 0.6) is 0 Å². The zero-order valence-corrected chi connectivity index (χ0v) is 12.3. The van der Waals surface area contributed by atoms with E-state index >= 15 is 0 Å². The fraction of sp³-hybridized carbons (Fsp3) is 0.467. The van der Waals surface area contributed by atoms with Crippen LogP contribution in [0.25, 0.3) is 0 Å². The molecule has 1 N–H and O–H groups in total. The van der Waals surface area contributed by atoms with Crippen LogP contribution in [0.4, 0.5) is 0 Å². The van der Waals surface area contributed by atoms with E-state index in [1.165, 1.54) is 12.4 Å². The summed E-state index contributed by atoms with van der Waals surface area (Å²) in [6.07, 6.45) is 10.6. The van der Waals surface area contributed by atoms with Crippen LogP contribution in [0.1, 0.15) is 41.2 Å².